The first-order valence-corrected chi connectivity index (χ1v) is 12.3. The highest BCUT2D eigenvalue weighted by Gasteiger charge is 2.33. The standard InChI is InChI=1S/C24H33ClF2N4O3/c1-4-6-7-16-12-17(34-23(26)27)21(28-13-16)31-18(5-2)30-19(20(31)25)22(32)29-14-24(33)10-8-15(3)9-11-24/h12-13,15,23,33H,4-11,14H2,1-3H3,(H,29,32). The van der Waals surface area contributed by atoms with Crippen molar-refractivity contribution in [2.75, 3.05) is 6.54 Å². The number of nitrogens with one attached hydrogen (secondary N) is 1. The van der Waals surface area contributed by atoms with Gasteiger partial charge in [-0.2, -0.15) is 8.78 Å². The molecular formula is C24H33ClF2N4O3. The first-order chi connectivity index (χ1) is 16.2. The number of aromatic nitrogens is 3. The van der Waals surface area contributed by atoms with Crippen LogP contribution in [-0.2, 0) is 12.8 Å². The van der Waals surface area contributed by atoms with E-state index >= 15 is 0 Å². The average molecular weight is 499 g/mol. The molecule has 0 atom stereocenters. The number of ether oxygens (including phenoxy) is 1. The van der Waals surface area contributed by atoms with E-state index in [1.807, 2.05) is 13.8 Å². The number of hydrogen-bond donors (Lipinski definition) is 2. The molecule has 1 aliphatic rings. The van der Waals surface area contributed by atoms with Gasteiger partial charge in [0.2, 0.25) is 0 Å². The van der Waals surface area contributed by atoms with Gasteiger partial charge >= 0.3 is 6.61 Å². The van der Waals surface area contributed by atoms with Crippen molar-refractivity contribution < 1.29 is 23.4 Å². The van der Waals surface area contributed by atoms with Crippen LogP contribution in [0.3, 0.4) is 0 Å². The van der Waals surface area contributed by atoms with Crippen LogP contribution in [0.15, 0.2) is 12.3 Å². The lowest BCUT2D eigenvalue weighted by Gasteiger charge is -2.34. The fourth-order valence-electron chi connectivity index (χ4n) is 4.19. The maximum Gasteiger partial charge on any atom is 0.387 e. The summed E-state index contributed by atoms with van der Waals surface area (Å²) in [7, 11) is 0. The number of alkyl halides is 2. The summed E-state index contributed by atoms with van der Waals surface area (Å²) in [5.74, 6) is 0.317. The van der Waals surface area contributed by atoms with Crippen LogP contribution in [0.5, 0.6) is 5.75 Å². The van der Waals surface area contributed by atoms with Crippen LogP contribution in [0.2, 0.25) is 5.15 Å². The highest BCUT2D eigenvalue weighted by molar-refractivity contribution is 6.32. The van der Waals surface area contributed by atoms with E-state index in [1.54, 1.807) is 6.20 Å². The number of nitrogens with zero attached hydrogens (tertiary/aromatic N) is 3. The van der Waals surface area contributed by atoms with Crippen molar-refractivity contribution in [1.29, 1.82) is 0 Å². The van der Waals surface area contributed by atoms with Crippen molar-refractivity contribution in [3.8, 4) is 11.6 Å². The van der Waals surface area contributed by atoms with E-state index in [4.69, 9.17) is 16.3 Å². The third kappa shape index (κ3) is 6.24. The van der Waals surface area contributed by atoms with Gasteiger partial charge in [-0.05, 0) is 56.1 Å². The summed E-state index contributed by atoms with van der Waals surface area (Å²) < 4.78 is 32.4. The summed E-state index contributed by atoms with van der Waals surface area (Å²) in [5.41, 5.74) is -0.242. The number of aliphatic hydroxyl groups is 1. The topological polar surface area (TPSA) is 89.3 Å². The van der Waals surface area contributed by atoms with E-state index in [9.17, 15) is 18.7 Å². The zero-order valence-corrected chi connectivity index (χ0v) is 20.7. The van der Waals surface area contributed by atoms with Crippen LogP contribution in [-0.4, -0.2) is 44.3 Å². The molecule has 2 N–H and O–H groups in total. The number of hydrogen-bond acceptors (Lipinski definition) is 5. The summed E-state index contributed by atoms with van der Waals surface area (Å²) in [6.07, 6.45) is 7.50. The number of amides is 1. The second-order valence-electron chi connectivity index (χ2n) is 9.09. The maximum absolute atomic E-state index is 13.2. The molecule has 1 saturated carbocycles. The largest absolute Gasteiger partial charge is 0.431 e. The van der Waals surface area contributed by atoms with E-state index in [1.165, 1.54) is 10.6 Å². The molecule has 1 amide bonds. The van der Waals surface area contributed by atoms with E-state index in [-0.39, 0.29) is 29.0 Å². The lowest BCUT2D eigenvalue weighted by molar-refractivity contribution is -0.0501. The molecule has 10 heteroatoms. The summed E-state index contributed by atoms with van der Waals surface area (Å²) >= 11 is 6.54. The third-order valence-corrected chi connectivity index (χ3v) is 6.69. The fraction of sp³-hybridized carbons (Fsp3) is 0.625. The highest BCUT2D eigenvalue weighted by Crippen LogP contribution is 2.33. The Balaban J connectivity index is 1.89. The zero-order valence-electron chi connectivity index (χ0n) is 19.9. The number of rotatable bonds is 10. The molecule has 34 heavy (non-hydrogen) atoms. The molecule has 0 radical (unpaired) electrons. The smallest absolute Gasteiger partial charge is 0.387 e. The van der Waals surface area contributed by atoms with E-state index in [2.05, 4.69) is 22.2 Å². The number of imidazole rings is 1. The Kier molecular flexibility index (Phi) is 8.87. The first kappa shape index (κ1) is 26.3. The number of unbranched alkanes of at least 4 members (excludes halogenated alkanes) is 1. The van der Waals surface area contributed by atoms with Crippen LogP contribution in [0, 0.1) is 5.92 Å². The van der Waals surface area contributed by atoms with Gasteiger partial charge in [-0.15, -0.1) is 0 Å². The summed E-state index contributed by atoms with van der Waals surface area (Å²) in [6, 6.07) is 1.53. The molecule has 0 aliphatic heterocycles. The molecule has 0 unspecified atom stereocenters. The molecule has 2 aromatic heterocycles. The van der Waals surface area contributed by atoms with E-state index < -0.39 is 18.1 Å². The zero-order chi connectivity index (χ0) is 24.9. The Hall–Kier alpha value is -2.26. The van der Waals surface area contributed by atoms with Crippen LogP contribution in [0.25, 0.3) is 5.82 Å². The van der Waals surface area contributed by atoms with Crippen molar-refractivity contribution in [2.24, 2.45) is 5.92 Å². The second kappa shape index (κ2) is 11.4. The second-order valence-corrected chi connectivity index (χ2v) is 9.45. The maximum atomic E-state index is 13.2. The molecule has 0 bridgehead atoms. The van der Waals surface area contributed by atoms with Gasteiger partial charge in [0.1, 0.15) is 11.0 Å². The predicted octanol–water partition coefficient (Wildman–Crippen LogP) is 5.10. The summed E-state index contributed by atoms with van der Waals surface area (Å²) in [6.45, 7) is 3.04. The van der Waals surface area contributed by atoms with Gasteiger partial charge in [-0.3, -0.25) is 9.36 Å². The lowest BCUT2D eigenvalue weighted by Crippen LogP contribution is -2.45. The first-order valence-electron chi connectivity index (χ1n) is 11.9. The Bertz CT molecular complexity index is 991. The van der Waals surface area contributed by atoms with Gasteiger partial charge in [0.25, 0.3) is 5.91 Å². The molecule has 0 spiro atoms. The van der Waals surface area contributed by atoms with E-state index in [0.717, 1.165) is 31.2 Å². The minimum absolute atomic E-state index is 0.0495. The molecule has 188 valence electrons. The third-order valence-electron chi connectivity index (χ3n) is 6.34. The van der Waals surface area contributed by atoms with E-state index in [0.29, 0.717) is 37.4 Å². The van der Waals surface area contributed by atoms with Crippen molar-refractivity contribution in [1.82, 2.24) is 19.9 Å². The molecule has 2 aromatic rings. The molecule has 0 aromatic carbocycles. The van der Waals surface area contributed by atoms with Gasteiger partial charge in [0, 0.05) is 19.2 Å². The molecule has 2 heterocycles. The summed E-state index contributed by atoms with van der Waals surface area (Å²) in [4.78, 5) is 21.6. The quantitative estimate of drug-likeness (QED) is 0.476. The van der Waals surface area contributed by atoms with Crippen molar-refractivity contribution in [3.05, 3.63) is 34.5 Å². The minimum Gasteiger partial charge on any atom is -0.431 e. The number of halogens is 3. The van der Waals surface area contributed by atoms with Crippen molar-refractivity contribution in [2.45, 2.75) is 84.4 Å². The molecule has 3 rings (SSSR count). The Morgan fingerprint density at radius 1 is 1.38 bits per heavy atom. The highest BCUT2D eigenvalue weighted by atomic mass is 35.5. The van der Waals surface area contributed by atoms with Crippen molar-refractivity contribution >= 4 is 17.5 Å². The normalized spacial score (nSPS) is 20.5. The summed E-state index contributed by atoms with van der Waals surface area (Å²) in [5, 5.41) is 13.5. The lowest BCUT2D eigenvalue weighted by atomic mass is 9.79. The molecular weight excluding hydrogens is 466 g/mol. The van der Waals surface area contributed by atoms with Gasteiger partial charge in [-0.1, -0.05) is 38.8 Å². The van der Waals surface area contributed by atoms with Gasteiger partial charge in [-0.25, -0.2) is 9.97 Å². The number of carbonyl (C=O) groups is 1. The molecule has 7 nitrogen and oxygen atoms in total. The predicted molar refractivity (Wildman–Crippen MR) is 126 cm³/mol. The van der Waals surface area contributed by atoms with Crippen LogP contribution in [0.1, 0.15) is 81.2 Å². The number of carbonyl (C=O) groups excluding carboxylic acids is 1. The van der Waals surface area contributed by atoms with Gasteiger partial charge in [0.15, 0.2) is 17.3 Å². The fourth-order valence-corrected chi connectivity index (χ4v) is 4.50. The van der Waals surface area contributed by atoms with Crippen LogP contribution >= 0.6 is 11.6 Å². The minimum atomic E-state index is -3.05. The Morgan fingerprint density at radius 2 is 2.09 bits per heavy atom. The van der Waals surface area contributed by atoms with Crippen LogP contribution < -0.4 is 10.1 Å². The number of aryl methyl sites for hydroxylation is 2. The SMILES string of the molecule is CCCCc1cnc(-n2c(CC)nc(C(=O)NCC3(O)CCC(C)CC3)c2Cl)c(OC(F)F)c1. The van der Waals surface area contributed by atoms with Gasteiger partial charge < -0.3 is 15.2 Å². The Morgan fingerprint density at radius 3 is 2.71 bits per heavy atom. The van der Waals surface area contributed by atoms with Crippen LogP contribution in [0.4, 0.5) is 8.78 Å². The van der Waals surface area contributed by atoms with Crippen molar-refractivity contribution in [3.63, 3.8) is 0 Å². The average Bonchev–Trinajstić information content (AvgIpc) is 3.14. The monoisotopic (exact) mass is 498 g/mol. The molecule has 1 fully saturated rings. The number of pyridine rings is 1. The molecule has 1 aliphatic carbocycles. The molecule has 0 saturated heterocycles. The Labute approximate surface area is 203 Å². The van der Waals surface area contributed by atoms with Gasteiger partial charge in [0.05, 0.1) is 5.60 Å².